The summed E-state index contributed by atoms with van der Waals surface area (Å²) in [6.07, 6.45) is 1.68. The number of benzene rings is 1. The molecule has 1 amide bonds. The molecule has 0 saturated carbocycles. The first-order valence-electron chi connectivity index (χ1n) is 5.83. The molecule has 0 spiro atoms. The Morgan fingerprint density at radius 3 is 2.81 bits per heavy atom. The van der Waals surface area contributed by atoms with Gasteiger partial charge in [-0.3, -0.25) is 9.69 Å². The number of carbonyl (C=O) groups is 1. The van der Waals surface area contributed by atoms with E-state index in [9.17, 15) is 4.79 Å². The summed E-state index contributed by atoms with van der Waals surface area (Å²) in [6, 6.07) is 10.6. The molecule has 2 heterocycles. The number of rotatable bonds is 2. The molecule has 0 aliphatic carbocycles. The SMILES string of the molecule is O=C1/C(=C/c2ccc(Br)o2)SC(=S)N1c1cccc(Cl)c1. The second-order valence-corrected chi connectivity index (χ2v) is 7.03. The summed E-state index contributed by atoms with van der Waals surface area (Å²) in [5.41, 5.74) is 0.661. The van der Waals surface area contributed by atoms with Crippen molar-refractivity contribution in [2.45, 2.75) is 0 Å². The van der Waals surface area contributed by atoms with Crippen LogP contribution in [-0.4, -0.2) is 10.2 Å². The van der Waals surface area contributed by atoms with E-state index in [0.29, 0.717) is 30.4 Å². The largest absolute Gasteiger partial charge is 0.450 e. The third kappa shape index (κ3) is 3.08. The van der Waals surface area contributed by atoms with Gasteiger partial charge in [0.25, 0.3) is 5.91 Å². The summed E-state index contributed by atoms with van der Waals surface area (Å²) in [5.74, 6) is 0.410. The van der Waals surface area contributed by atoms with Gasteiger partial charge in [-0.2, -0.15) is 0 Å². The molecule has 21 heavy (non-hydrogen) atoms. The monoisotopic (exact) mass is 399 g/mol. The fourth-order valence-corrected chi connectivity index (χ4v) is 3.62. The number of furan rings is 1. The Morgan fingerprint density at radius 2 is 2.14 bits per heavy atom. The maximum Gasteiger partial charge on any atom is 0.270 e. The smallest absolute Gasteiger partial charge is 0.270 e. The molecule has 1 fully saturated rings. The standard InChI is InChI=1S/C14H7BrClNO2S2/c15-12-5-4-10(19-12)7-11-13(18)17(14(20)21-11)9-3-1-2-8(16)6-9/h1-7H/b11-7-. The first-order valence-corrected chi connectivity index (χ1v) is 8.23. The van der Waals surface area contributed by atoms with E-state index in [1.54, 1.807) is 42.5 Å². The predicted octanol–water partition coefficient (Wildman–Crippen LogP) is 5.10. The summed E-state index contributed by atoms with van der Waals surface area (Å²) in [7, 11) is 0. The summed E-state index contributed by atoms with van der Waals surface area (Å²) < 4.78 is 6.46. The molecule has 1 aromatic carbocycles. The van der Waals surface area contributed by atoms with Gasteiger partial charge in [0.15, 0.2) is 8.99 Å². The van der Waals surface area contributed by atoms with Crippen LogP contribution in [-0.2, 0) is 4.79 Å². The molecule has 0 unspecified atom stereocenters. The Bertz CT molecular complexity index is 772. The maximum atomic E-state index is 12.5. The average Bonchev–Trinajstić information content (AvgIpc) is 2.94. The third-order valence-electron chi connectivity index (χ3n) is 2.73. The second-order valence-electron chi connectivity index (χ2n) is 4.14. The predicted molar refractivity (Wildman–Crippen MR) is 93.5 cm³/mol. The number of anilines is 1. The van der Waals surface area contributed by atoms with Gasteiger partial charge in [0.1, 0.15) is 5.76 Å². The van der Waals surface area contributed by atoms with Crippen LogP contribution in [0.5, 0.6) is 0 Å². The van der Waals surface area contributed by atoms with Gasteiger partial charge in [-0.15, -0.1) is 0 Å². The molecule has 7 heteroatoms. The fourth-order valence-electron chi connectivity index (χ4n) is 1.84. The first-order chi connectivity index (χ1) is 10.0. The van der Waals surface area contributed by atoms with Gasteiger partial charge in [-0.05, 0) is 46.3 Å². The minimum absolute atomic E-state index is 0.181. The van der Waals surface area contributed by atoms with Crippen LogP contribution in [0.15, 0.2) is 50.4 Å². The quantitative estimate of drug-likeness (QED) is 0.518. The third-order valence-corrected chi connectivity index (χ3v) is 4.69. The number of hydrogen-bond donors (Lipinski definition) is 0. The zero-order valence-electron chi connectivity index (χ0n) is 10.4. The second kappa shape index (κ2) is 5.96. The zero-order valence-corrected chi connectivity index (χ0v) is 14.4. The molecule has 1 saturated heterocycles. The van der Waals surface area contributed by atoms with Gasteiger partial charge < -0.3 is 4.42 Å². The molecular weight excluding hydrogens is 394 g/mol. The van der Waals surface area contributed by atoms with Gasteiger partial charge in [0.2, 0.25) is 0 Å². The number of amides is 1. The van der Waals surface area contributed by atoms with Gasteiger partial charge >= 0.3 is 0 Å². The van der Waals surface area contributed by atoms with Crippen molar-refractivity contribution in [2.24, 2.45) is 0 Å². The molecule has 0 radical (unpaired) electrons. The minimum Gasteiger partial charge on any atom is -0.450 e. The topological polar surface area (TPSA) is 33.5 Å². The average molecular weight is 401 g/mol. The van der Waals surface area contributed by atoms with Crippen molar-refractivity contribution in [3.8, 4) is 0 Å². The molecule has 0 bridgehead atoms. The number of thiocarbonyl (C=S) groups is 1. The van der Waals surface area contributed by atoms with Gasteiger partial charge in [-0.25, -0.2) is 0 Å². The van der Waals surface area contributed by atoms with E-state index in [4.69, 9.17) is 28.2 Å². The zero-order chi connectivity index (χ0) is 15.0. The molecule has 3 nitrogen and oxygen atoms in total. The van der Waals surface area contributed by atoms with E-state index in [1.807, 2.05) is 0 Å². The molecule has 0 atom stereocenters. The van der Waals surface area contributed by atoms with Crippen LogP contribution in [0.25, 0.3) is 6.08 Å². The number of nitrogens with zero attached hydrogens (tertiary/aromatic N) is 1. The van der Waals surface area contributed by atoms with Gasteiger partial charge in [0.05, 0.1) is 10.6 Å². The number of hydrogen-bond acceptors (Lipinski definition) is 4. The van der Waals surface area contributed by atoms with Crippen molar-refractivity contribution < 1.29 is 9.21 Å². The van der Waals surface area contributed by atoms with Gasteiger partial charge in [0, 0.05) is 11.1 Å². The molecule has 1 aromatic heterocycles. The molecule has 106 valence electrons. The Morgan fingerprint density at radius 1 is 1.33 bits per heavy atom. The van der Waals surface area contributed by atoms with Crippen molar-refractivity contribution in [1.82, 2.24) is 0 Å². The van der Waals surface area contributed by atoms with Crippen molar-refractivity contribution in [3.05, 3.63) is 56.8 Å². The Hall–Kier alpha value is -1.08. The molecule has 3 rings (SSSR count). The number of halogens is 2. The highest BCUT2D eigenvalue weighted by molar-refractivity contribution is 9.10. The van der Waals surface area contributed by atoms with Crippen LogP contribution in [0.3, 0.4) is 0 Å². The van der Waals surface area contributed by atoms with Gasteiger partial charge in [-0.1, -0.05) is 41.6 Å². The van der Waals surface area contributed by atoms with Crippen LogP contribution in [0.1, 0.15) is 5.76 Å². The number of thioether (sulfide) groups is 1. The Kier molecular flexibility index (Phi) is 4.21. The highest BCUT2D eigenvalue weighted by atomic mass is 79.9. The van der Waals surface area contributed by atoms with Crippen LogP contribution in [0.2, 0.25) is 5.02 Å². The number of carbonyl (C=O) groups excluding carboxylic acids is 1. The summed E-state index contributed by atoms with van der Waals surface area (Å²) >= 11 is 15.7. The van der Waals surface area contributed by atoms with Crippen LogP contribution in [0, 0.1) is 0 Å². The molecule has 0 N–H and O–H groups in total. The van der Waals surface area contributed by atoms with Crippen molar-refractivity contribution in [1.29, 1.82) is 0 Å². The lowest BCUT2D eigenvalue weighted by atomic mass is 10.3. The maximum absolute atomic E-state index is 12.5. The fraction of sp³-hybridized carbons (Fsp3) is 0. The van der Waals surface area contributed by atoms with Crippen LogP contribution >= 0.6 is 51.5 Å². The summed E-state index contributed by atoms with van der Waals surface area (Å²) in [6.45, 7) is 0. The molecular formula is C14H7BrClNO2S2. The van der Waals surface area contributed by atoms with E-state index < -0.39 is 0 Å². The lowest BCUT2D eigenvalue weighted by Gasteiger charge is -2.14. The van der Waals surface area contributed by atoms with E-state index >= 15 is 0 Å². The Balaban J connectivity index is 1.94. The van der Waals surface area contributed by atoms with E-state index in [2.05, 4.69) is 15.9 Å². The van der Waals surface area contributed by atoms with Crippen LogP contribution < -0.4 is 4.90 Å². The lowest BCUT2D eigenvalue weighted by Crippen LogP contribution is -2.27. The molecule has 2 aromatic rings. The lowest BCUT2D eigenvalue weighted by molar-refractivity contribution is -0.113. The highest BCUT2D eigenvalue weighted by Gasteiger charge is 2.33. The van der Waals surface area contributed by atoms with E-state index in [1.165, 1.54) is 16.7 Å². The minimum atomic E-state index is -0.181. The first kappa shape index (κ1) is 14.8. The van der Waals surface area contributed by atoms with Crippen molar-refractivity contribution >= 4 is 73.5 Å². The van der Waals surface area contributed by atoms with Crippen molar-refractivity contribution in [3.63, 3.8) is 0 Å². The van der Waals surface area contributed by atoms with Crippen LogP contribution in [0.4, 0.5) is 5.69 Å². The highest BCUT2D eigenvalue weighted by Crippen LogP contribution is 2.36. The van der Waals surface area contributed by atoms with Crippen molar-refractivity contribution in [2.75, 3.05) is 4.90 Å². The molecule has 1 aliphatic rings. The summed E-state index contributed by atoms with van der Waals surface area (Å²) in [4.78, 5) is 14.5. The Labute approximate surface area is 144 Å². The van der Waals surface area contributed by atoms with E-state index in [-0.39, 0.29) is 5.91 Å². The molecule has 1 aliphatic heterocycles. The van der Waals surface area contributed by atoms with E-state index in [0.717, 1.165) is 0 Å². The summed E-state index contributed by atoms with van der Waals surface area (Å²) in [5, 5.41) is 0.556. The normalized spacial score (nSPS) is 17.0.